The number of aryl methyl sites for hydroxylation is 2. The van der Waals surface area contributed by atoms with Crippen LogP contribution in [0, 0.1) is 19.8 Å². The Hall–Kier alpha value is -1.06. The molecule has 0 saturated carbocycles. The van der Waals surface area contributed by atoms with Crippen molar-refractivity contribution in [1.82, 2.24) is 0 Å². The van der Waals surface area contributed by atoms with Crippen LogP contribution in [0.3, 0.4) is 0 Å². The number of nitrogens with two attached hydrogens (primary N) is 2. The van der Waals surface area contributed by atoms with E-state index in [-0.39, 0.29) is 0 Å². The normalized spacial score (nSPS) is 13.1. The highest BCUT2D eigenvalue weighted by Gasteiger charge is 2.19. The molecule has 90 valence electrons. The number of hydrogen-bond donors (Lipinski definition) is 3. The number of phenolic OH excluding ortho intramolecular Hbond substituents is 1. The molecule has 0 radical (unpaired) electrons. The average Bonchev–Trinajstić information content (AvgIpc) is 2.17. The van der Waals surface area contributed by atoms with Crippen LogP contribution in [-0.4, -0.2) is 18.2 Å². The van der Waals surface area contributed by atoms with Crippen LogP contribution >= 0.6 is 0 Å². The fourth-order valence-corrected chi connectivity index (χ4v) is 2.41. The van der Waals surface area contributed by atoms with Gasteiger partial charge in [0.1, 0.15) is 5.75 Å². The van der Waals surface area contributed by atoms with E-state index < -0.39 is 0 Å². The van der Waals surface area contributed by atoms with Gasteiger partial charge in [-0.25, -0.2) is 0 Å². The maximum absolute atomic E-state index is 9.50. The van der Waals surface area contributed by atoms with Gasteiger partial charge in [-0.2, -0.15) is 0 Å². The van der Waals surface area contributed by atoms with Crippen molar-refractivity contribution in [3.63, 3.8) is 0 Å². The quantitative estimate of drug-likeness (QED) is 0.725. The van der Waals surface area contributed by atoms with Crippen LogP contribution in [-0.2, 0) is 0 Å². The molecule has 0 saturated heterocycles. The monoisotopic (exact) mass is 222 g/mol. The van der Waals surface area contributed by atoms with Gasteiger partial charge in [-0.15, -0.1) is 0 Å². The Balaban J connectivity index is 3.12. The molecular formula is C13H22N2O. The third-order valence-electron chi connectivity index (χ3n) is 3.35. The number of hydrogen-bond acceptors (Lipinski definition) is 3. The molecule has 0 aliphatic heterocycles. The van der Waals surface area contributed by atoms with Gasteiger partial charge in [0.2, 0.25) is 0 Å². The van der Waals surface area contributed by atoms with E-state index >= 15 is 0 Å². The number of rotatable bonds is 4. The Labute approximate surface area is 97.5 Å². The molecule has 0 amide bonds. The predicted molar refractivity (Wildman–Crippen MR) is 67.6 cm³/mol. The highest BCUT2D eigenvalue weighted by molar-refractivity contribution is 5.42. The van der Waals surface area contributed by atoms with Crippen LogP contribution in [0.4, 0.5) is 0 Å². The van der Waals surface area contributed by atoms with Crippen LogP contribution in [0.25, 0.3) is 0 Å². The third kappa shape index (κ3) is 2.54. The minimum absolute atomic E-state index is 0.293. The summed E-state index contributed by atoms with van der Waals surface area (Å²) in [6, 6.07) is 3.59. The molecule has 0 fully saturated rings. The molecule has 1 aromatic rings. The van der Waals surface area contributed by atoms with Gasteiger partial charge in [0.05, 0.1) is 0 Å². The SMILES string of the molecule is Cc1cc(O)cc(C)c1C(C)C(CN)CN. The molecule has 1 unspecified atom stereocenters. The molecule has 0 aromatic heterocycles. The van der Waals surface area contributed by atoms with Gasteiger partial charge in [-0.3, -0.25) is 0 Å². The van der Waals surface area contributed by atoms with Crippen LogP contribution in [0.2, 0.25) is 0 Å². The summed E-state index contributed by atoms with van der Waals surface area (Å²) < 4.78 is 0. The molecule has 16 heavy (non-hydrogen) atoms. The molecule has 3 nitrogen and oxygen atoms in total. The second-order valence-electron chi connectivity index (χ2n) is 4.51. The van der Waals surface area contributed by atoms with Crippen LogP contribution in [0.15, 0.2) is 12.1 Å². The van der Waals surface area contributed by atoms with Crippen molar-refractivity contribution in [3.05, 3.63) is 28.8 Å². The van der Waals surface area contributed by atoms with E-state index in [1.165, 1.54) is 5.56 Å². The van der Waals surface area contributed by atoms with E-state index in [9.17, 15) is 5.11 Å². The topological polar surface area (TPSA) is 72.3 Å². The first-order valence-corrected chi connectivity index (χ1v) is 5.71. The molecule has 0 aliphatic rings. The fourth-order valence-electron chi connectivity index (χ4n) is 2.41. The zero-order valence-electron chi connectivity index (χ0n) is 10.3. The lowest BCUT2D eigenvalue weighted by Gasteiger charge is -2.25. The smallest absolute Gasteiger partial charge is 0.116 e. The molecule has 1 aromatic carbocycles. The number of aromatic hydroxyl groups is 1. The Morgan fingerprint density at radius 2 is 1.56 bits per heavy atom. The molecule has 0 aliphatic carbocycles. The van der Waals surface area contributed by atoms with E-state index in [2.05, 4.69) is 6.92 Å². The second-order valence-corrected chi connectivity index (χ2v) is 4.51. The fraction of sp³-hybridized carbons (Fsp3) is 0.538. The summed E-state index contributed by atoms with van der Waals surface area (Å²) in [6.07, 6.45) is 0. The molecule has 1 rings (SSSR count). The van der Waals surface area contributed by atoms with Crippen molar-refractivity contribution < 1.29 is 5.11 Å². The van der Waals surface area contributed by atoms with E-state index in [1.54, 1.807) is 12.1 Å². The molecule has 0 spiro atoms. The highest BCUT2D eigenvalue weighted by Crippen LogP contribution is 2.31. The van der Waals surface area contributed by atoms with Gasteiger partial charge >= 0.3 is 0 Å². The summed E-state index contributed by atoms with van der Waals surface area (Å²) in [6.45, 7) is 7.37. The summed E-state index contributed by atoms with van der Waals surface area (Å²) in [4.78, 5) is 0. The van der Waals surface area contributed by atoms with Crippen molar-refractivity contribution in [2.24, 2.45) is 17.4 Å². The lowest BCUT2D eigenvalue weighted by molar-refractivity contribution is 0.458. The minimum Gasteiger partial charge on any atom is -0.508 e. The summed E-state index contributed by atoms with van der Waals surface area (Å²) in [7, 11) is 0. The van der Waals surface area contributed by atoms with Gasteiger partial charge < -0.3 is 16.6 Å². The van der Waals surface area contributed by atoms with E-state index in [0.717, 1.165) is 11.1 Å². The van der Waals surface area contributed by atoms with Crippen molar-refractivity contribution in [1.29, 1.82) is 0 Å². The summed E-state index contributed by atoms with van der Waals surface area (Å²) >= 11 is 0. The van der Waals surface area contributed by atoms with Gasteiger partial charge in [0, 0.05) is 0 Å². The molecular weight excluding hydrogens is 200 g/mol. The molecule has 0 heterocycles. The standard InChI is InChI=1S/C13H22N2O/c1-8-4-12(16)5-9(2)13(8)10(3)11(6-14)7-15/h4-5,10-11,16H,6-7,14-15H2,1-3H3. The van der Waals surface area contributed by atoms with Crippen LogP contribution < -0.4 is 11.5 Å². The van der Waals surface area contributed by atoms with Crippen LogP contribution in [0.1, 0.15) is 29.5 Å². The first-order chi connectivity index (χ1) is 7.51. The van der Waals surface area contributed by atoms with E-state index in [0.29, 0.717) is 30.7 Å². The predicted octanol–water partition coefficient (Wildman–Crippen LogP) is 1.65. The molecule has 1 atom stereocenters. The van der Waals surface area contributed by atoms with E-state index in [4.69, 9.17) is 11.5 Å². The first-order valence-electron chi connectivity index (χ1n) is 5.71. The summed E-state index contributed by atoms with van der Waals surface area (Å²) in [5.41, 5.74) is 14.9. The van der Waals surface area contributed by atoms with Crippen molar-refractivity contribution >= 4 is 0 Å². The zero-order valence-corrected chi connectivity index (χ0v) is 10.3. The highest BCUT2D eigenvalue weighted by atomic mass is 16.3. The Morgan fingerprint density at radius 3 is 1.94 bits per heavy atom. The largest absolute Gasteiger partial charge is 0.508 e. The zero-order chi connectivity index (χ0) is 12.3. The first kappa shape index (κ1) is 13.0. The van der Waals surface area contributed by atoms with Crippen LogP contribution in [0.5, 0.6) is 5.75 Å². The minimum atomic E-state index is 0.293. The second kappa shape index (κ2) is 5.32. The number of benzene rings is 1. The van der Waals surface area contributed by atoms with Gasteiger partial charge in [-0.05, 0) is 67.6 Å². The van der Waals surface area contributed by atoms with Crippen molar-refractivity contribution in [2.75, 3.05) is 13.1 Å². The molecule has 3 heteroatoms. The summed E-state index contributed by atoms with van der Waals surface area (Å²) in [5, 5.41) is 9.50. The van der Waals surface area contributed by atoms with Crippen molar-refractivity contribution in [2.45, 2.75) is 26.7 Å². The maximum Gasteiger partial charge on any atom is 0.116 e. The van der Waals surface area contributed by atoms with Gasteiger partial charge in [-0.1, -0.05) is 6.92 Å². The average molecular weight is 222 g/mol. The third-order valence-corrected chi connectivity index (χ3v) is 3.35. The Bertz CT molecular complexity index is 336. The van der Waals surface area contributed by atoms with Gasteiger partial charge in [0.25, 0.3) is 0 Å². The lowest BCUT2D eigenvalue weighted by atomic mass is 9.83. The Morgan fingerprint density at radius 1 is 1.12 bits per heavy atom. The van der Waals surface area contributed by atoms with E-state index in [1.807, 2.05) is 13.8 Å². The molecule has 0 bridgehead atoms. The molecule has 5 N–H and O–H groups in total. The van der Waals surface area contributed by atoms with Crippen molar-refractivity contribution in [3.8, 4) is 5.75 Å². The number of phenols is 1. The summed E-state index contributed by atoms with van der Waals surface area (Å²) in [5.74, 6) is 0.945. The lowest BCUT2D eigenvalue weighted by Crippen LogP contribution is -2.28. The Kier molecular flexibility index (Phi) is 4.33. The maximum atomic E-state index is 9.50. The van der Waals surface area contributed by atoms with Gasteiger partial charge in [0.15, 0.2) is 0 Å².